The summed E-state index contributed by atoms with van der Waals surface area (Å²) in [5.41, 5.74) is 7.58. The van der Waals surface area contributed by atoms with Crippen molar-refractivity contribution in [2.45, 2.75) is 0 Å². The van der Waals surface area contributed by atoms with Gasteiger partial charge in [-0.2, -0.15) is 4.98 Å². The van der Waals surface area contributed by atoms with Crippen molar-refractivity contribution < 1.29 is 8.91 Å². The summed E-state index contributed by atoms with van der Waals surface area (Å²) >= 11 is 5.84. The first-order valence-corrected chi connectivity index (χ1v) is 6.16. The van der Waals surface area contributed by atoms with Crippen molar-refractivity contribution in [1.29, 1.82) is 0 Å². The fourth-order valence-electron chi connectivity index (χ4n) is 1.78. The number of hydrogen-bond donors (Lipinski definition) is 1. The molecule has 0 aliphatic carbocycles. The van der Waals surface area contributed by atoms with Gasteiger partial charge in [-0.05, 0) is 42.5 Å². The number of nitrogens with two attached hydrogens (primary N) is 1. The smallest absolute Gasteiger partial charge is 0.260 e. The minimum Gasteiger partial charge on any atom is -0.398 e. The van der Waals surface area contributed by atoms with Gasteiger partial charge in [0.25, 0.3) is 5.89 Å². The number of benzene rings is 2. The monoisotopic (exact) mass is 289 g/mol. The van der Waals surface area contributed by atoms with Crippen LogP contribution in [0.1, 0.15) is 0 Å². The van der Waals surface area contributed by atoms with E-state index in [4.69, 9.17) is 21.9 Å². The SMILES string of the molecule is Nc1cc(Cl)ccc1-c1nc(-c2ccc(F)cc2)no1. The van der Waals surface area contributed by atoms with E-state index in [-0.39, 0.29) is 5.82 Å². The number of hydrogen-bond acceptors (Lipinski definition) is 4. The molecule has 0 bridgehead atoms. The zero-order valence-electron chi connectivity index (χ0n) is 10.2. The Labute approximate surface area is 119 Å². The second-order valence-electron chi connectivity index (χ2n) is 4.16. The molecule has 0 fully saturated rings. The molecule has 0 spiro atoms. The summed E-state index contributed by atoms with van der Waals surface area (Å²) in [5.74, 6) is 0.340. The van der Waals surface area contributed by atoms with Crippen LogP contribution in [0.4, 0.5) is 10.1 Å². The van der Waals surface area contributed by atoms with Gasteiger partial charge in [0.2, 0.25) is 5.82 Å². The molecule has 0 amide bonds. The van der Waals surface area contributed by atoms with E-state index in [0.29, 0.717) is 33.6 Å². The first-order valence-electron chi connectivity index (χ1n) is 5.78. The third-order valence-electron chi connectivity index (χ3n) is 2.77. The van der Waals surface area contributed by atoms with Crippen LogP contribution >= 0.6 is 11.6 Å². The van der Waals surface area contributed by atoms with Crippen LogP contribution in [0.5, 0.6) is 0 Å². The highest BCUT2D eigenvalue weighted by molar-refractivity contribution is 6.31. The molecule has 6 heteroatoms. The van der Waals surface area contributed by atoms with Crippen LogP contribution in [0.3, 0.4) is 0 Å². The number of nitrogen functional groups attached to an aromatic ring is 1. The third-order valence-corrected chi connectivity index (χ3v) is 3.01. The Kier molecular flexibility index (Phi) is 3.12. The van der Waals surface area contributed by atoms with Crippen LogP contribution in [0, 0.1) is 5.82 Å². The van der Waals surface area contributed by atoms with Gasteiger partial charge in [0.1, 0.15) is 5.82 Å². The van der Waals surface area contributed by atoms with Crippen LogP contribution < -0.4 is 5.73 Å². The molecular formula is C14H9ClFN3O. The van der Waals surface area contributed by atoms with Crippen molar-refractivity contribution in [2.24, 2.45) is 0 Å². The Bertz CT molecular complexity index is 755. The summed E-state index contributed by atoms with van der Waals surface area (Å²) in [7, 11) is 0. The Morgan fingerprint density at radius 3 is 2.55 bits per heavy atom. The lowest BCUT2D eigenvalue weighted by molar-refractivity contribution is 0.432. The van der Waals surface area contributed by atoms with E-state index in [1.165, 1.54) is 12.1 Å². The molecular weight excluding hydrogens is 281 g/mol. The molecule has 1 heterocycles. The quantitative estimate of drug-likeness (QED) is 0.729. The predicted octanol–water partition coefficient (Wildman–Crippen LogP) is 3.78. The van der Waals surface area contributed by atoms with Crippen LogP contribution in [0.25, 0.3) is 22.8 Å². The Balaban J connectivity index is 1.99. The number of anilines is 1. The second kappa shape index (κ2) is 4.94. The van der Waals surface area contributed by atoms with Crippen LogP contribution in [0.2, 0.25) is 5.02 Å². The highest BCUT2D eigenvalue weighted by Gasteiger charge is 2.13. The van der Waals surface area contributed by atoms with Crippen LogP contribution in [0.15, 0.2) is 47.0 Å². The fraction of sp³-hybridized carbons (Fsp3) is 0. The molecule has 0 unspecified atom stereocenters. The van der Waals surface area contributed by atoms with E-state index in [1.54, 1.807) is 30.3 Å². The van der Waals surface area contributed by atoms with Gasteiger partial charge >= 0.3 is 0 Å². The van der Waals surface area contributed by atoms with Gasteiger partial charge in [0.05, 0.1) is 5.56 Å². The third kappa shape index (κ3) is 2.35. The normalized spacial score (nSPS) is 10.7. The number of aromatic nitrogens is 2. The molecule has 1 aromatic heterocycles. The molecule has 3 aromatic rings. The van der Waals surface area contributed by atoms with Gasteiger partial charge in [-0.25, -0.2) is 4.39 Å². The molecule has 0 atom stereocenters. The second-order valence-corrected chi connectivity index (χ2v) is 4.60. The Hall–Kier alpha value is -2.40. The number of rotatable bonds is 2. The van der Waals surface area contributed by atoms with Gasteiger partial charge in [-0.1, -0.05) is 16.8 Å². The van der Waals surface area contributed by atoms with Gasteiger partial charge in [0.15, 0.2) is 0 Å². The number of nitrogens with zero attached hydrogens (tertiary/aromatic N) is 2. The molecule has 100 valence electrons. The lowest BCUT2D eigenvalue weighted by Crippen LogP contribution is -1.90. The van der Waals surface area contributed by atoms with E-state index in [9.17, 15) is 4.39 Å². The summed E-state index contributed by atoms with van der Waals surface area (Å²) in [4.78, 5) is 4.25. The molecule has 0 radical (unpaired) electrons. The summed E-state index contributed by atoms with van der Waals surface area (Å²) in [6.07, 6.45) is 0. The van der Waals surface area contributed by atoms with Crippen LogP contribution in [-0.2, 0) is 0 Å². The minimum atomic E-state index is -0.320. The molecule has 20 heavy (non-hydrogen) atoms. The molecule has 0 aliphatic heterocycles. The molecule has 2 aromatic carbocycles. The summed E-state index contributed by atoms with van der Waals surface area (Å²) in [6, 6.07) is 10.8. The van der Waals surface area contributed by atoms with E-state index >= 15 is 0 Å². The highest BCUT2D eigenvalue weighted by atomic mass is 35.5. The number of halogens is 2. The van der Waals surface area contributed by atoms with Crippen molar-refractivity contribution in [1.82, 2.24) is 10.1 Å². The summed E-state index contributed by atoms with van der Waals surface area (Å²) in [6.45, 7) is 0. The maximum absolute atomic E-state index is 12.9. The molecule has 0 saturated carbocycles. The lowest BCUT2D eigenvalue weighted by atomic mass is 10.2. The summed E-state index contributed by atoms with van der Waals surface area (Å²) < 4.78 is 18.0. The zero-order chi connectivity index (χ0) is 14.1. The maximum atomic E-state index is 12.9. The van der Waals surface area contributed by atoms with Crippen molar-refractivity contribution in [3.8, 4) is 22.8 Å². The van der Waals surface area contributed by atoms with Crippen molar-refractivity contribution >= 4 is 17.3 Å². The largest absolute Gasteiger partial charge is 0.398 e. The van der Waals surface area contributed by atoms with Gasteiger partial charge in [-0.3, -0.25) is 0 Å². The molecule has 0 saturated heterocycles. The van der Waals surface area contributed by atoms with E-state index in [1.807, 2.05) is 0 Å². The summed E-state index contributed by atoms with van der Waals surface area (Å²) in [5, 5.41) is 4.39. The minimum absolute atomic E-state index is 0.290. The van der Waals surface area contributed by atoms with Gasteiger partial charge < -0.3 is 10.3 Å². The van der Waals surface area contributed by atoms with Gasteiger partial charge in [0, 0.05) is 16.3 Å². The first kappa shape index (κ1) is 12.6. The van der Waals surface area contributed by atoms with E-state index in [0.717, 1.165) is 0 Å². The average molecular weight is 290 g/mol. The van der Waals surface area contributed by atoms with E-state index < -0.39 is 0 Å². The zero-order valence-corrected chi connectivity index (χ0v) is 10.9. The average Bonchev–Trinajstić information content (AvgIpc) is 2.89. The van der Waals surface area contributed by atoms with Gasteiger partial charge in [-0.15, -0.1) is 0 Å². The Morgan fingerprint density at radius 2 is 1.85 bits per heavy atom. The molecule has 0 aliphatic rings. The first-order chi connectivity index (χ1) is 9.63. The maximum Gasteiger partial charge on any atom is 0.260 e. The molecule has 3 rings (SSSR count). The van der Waals surface area contributed by atoms with Crippen molar-refractivity contribution in [3.63, 3.8) is 0 Å². The Morgan fingerprint density at radius 1 is 1.10 bits per heavy atom. The topological polar surface area (TPSA) is 64.9 Å². The van der Waals surface area contributed by atoms with E-state index in [2.05, 4.69) is 10.1 Å². The predicted molar refractivity (Wildman–Crippen MR) is 74.6 cm³/mol. The van der Waals surface area contributed by atoms with Crippen molar-refractivity contribution in [2.75, 3.05) is 5.73 Å². The fourth-order valence-corrected chi connectivity index (χ4v) is 1.96. The molecule has 4 nitrogen and oxygen atoms in total. The molecule has 2 N–H and O–H groups in total. The van der Waals surface area contributed by atoms with Crippen molar-refractivity contribution in [3.05, 3.63) is 53.3 Å². The highest BCUT2D eigenvalue weighted by Crippen LogP contribution is 2.28. The van der Waals surface area contributed by atoms with Crippen LogP contribution in [-0.4, -0.2) is 10.1 Å². The standard InChI is InChI=1S/C14H9ClFN3O/c15-9-3-6-11(12(17)7-9)14-18-13(19-20-14)8-1-4-10(16)5-2-8/h1-7H,17H2. The lowest BCUT2D eigenvalue weighted by Gasteiger charge is -2.00.